The molecule has 1 aromatic carbocycles. The van der Waals surface area contributed by atoms with Crippen molar-refractivity contribution in [3.8, 4) is 11.5 Å². The smallest absolute Gasteiger partial charge is 0.339 e. The second kappa shape index (κ2) is 5.97. The van der Waals surface area contributed by atoms with Gasteiger partial charge in [-0.1, -0.05) is 0 Å². The van der Waals surface area contributed by atoms with Gasteiger partial charge in [0.05, 0.1) is 13.7 Å². The second-order valence-corrected chi connectivity index (χ2v) is 3.01. The van der Waals surface area contributed by atoms with Crippen molar-refractivity contribution >= 4 is 5.97 Å². The molecule has 0 aliphatic heterocycles. The van der Waals surface area contributed by atoms with Gasteiger partial charge in [-0.25, -0.2) is 4.79 Å². The number of carboxylic acids is 1. The number of hydrogen-bond acceptors (Lipinski definition) is 4. The molecule has 5 heteroatoms. The Morgan fingerprint density at radius 1 is 1.31 bits per heavy atom. The summed E-state index contributed by atoms with van der Waals surface area (Å²) in [7, 11) is 3.03. The fourth-order valence-electron chi connectivity index (χ4n) is 1.16. The molecule has 0 saturated heterocycles. The third-order valence-electron chi connectivity index (χ3n) is 1.96. The van der Waals surface area contributed by atoms with Gasteiger partial charge in [0.25, 0.3) is 0 Å². The number of benzene rings is 1. The molecule has 0 radical (unpaired) electrons. The van der Waals surface area contributed by atoms with E-state index in [2.05, 4.69) is 0 Å². The fourth-order valence-corrected chi connectivity index (χ4v) is 1.16. The van der Waals surface area contributed by atoms with E-state index < -0.39 is 5.97 Å². The van der Waals surface area contributed by atoms with Crippen LogP contribution in [-0.4, -0.2) is 38.5 Å². The Morgan fingerprint density at radius 2 is 2.06 bits per heavy atom. The minimum Gasteiger partial charge on any atom is -0.497 e. The van der Waals surface area contributed by atoms with E-state index in [4.69, 9.17) is 19.3 Å². The van der Waals surface area contributed by atoms with Crippen LogP contribution in [-0.2, 0) is 4.74 Å². The highest BCUT2D eigenvalue weighted by atomic mass is 16.5. The SMILES string of the molecule is COCCOc1ccc(OC)cc1C(=O)O. The van der Waals surface area contributed by atoms with E-state index in [1.807, 2.05) is 0 Å². The van der Waals surface area contributed by atoms with E-state index in [0.717, 1.165) is 0 Å². The van der Waals surface area contributed by atoms with Gasteiger partial charge >= 0.3 is 5.97 Å². The van der Waals surface area contributed by atoms with Gasteiger partial charge in [0.15, 0.2) is 0 Å². The third-order valence-corrected chi connectivity index (χ3v) is 1.96. The quantitative estimate of drug-likeness (QED) is 0.743. The minimum atomic E-state index is -1.05. The van der Waals surface area contributed by atoms with Crippen LogP contribution in [0.15, 0.2) is 18.2 Å². The zero-order chi connectivity index (χ0) is 12.0. The Hall–Kier alpha value is -1.75. The molecule has 0 bridgehead atoms. The number of carboxylic acid groups (broad SMARTS) is 1. The van der Waals surface area contributed by atoms with Gasteiger partial charge in [0, 0.05) is 7.11 Å². The molecular formula is C11H14O5. The van der Waals surface area contributed by atoms with Crippen LogP contribution in [0.25, 0.3) is 0 Å². The average molecular weight is 226 g/mol. The van der Waals surface area contributed by atoms with E-state index in [0.29, 0.717) is 24.7 Å². The molecule has 1 N–H and O–H groups in total. The highest BCUT2D eigenvalue weighted by Crippen LogP contribution is 2.24. The van der Waals surface area contributed by atoms with Crippen LogP contribution >= 0.6 is 0 Å². The maximum atomic E-state index is 11.0. The third kappa shape index (κ3) is 3.13. The summed E-state index contributed by atoms with van der Waals surface area (Å²) in [5, 5.41) is 8.98. The Morgan fingerprint density at radius 3 is 2.62 bits per heavy atom. The van der Waals surface area contributed by atoms with Gasteiger partial charge < -0.3 is 19.3 Å². The van der Waals surface area contributed by atoms with Gasteiger partial charge in [0.2, 0.25) is 0 Å². The summed E-state index contributed by atoms with van der Waals surface area (Å²) in [6.07, 6.45) is 0. The summed E-state index contributed by atoms with van der Waals surface area (Å²) >= 11 is 0. The van der Waals surface area contributed by atoms with Crippen molar-refractivity contribution in [2.75, 3.05) is 27.4 Å². The topological polar surface area (TPSA) is 65.0 Å². The predicted molar refractivity (Wildman–Crippen MR) is 57.3 cm³/mol. The monoisotopic (exact) mass is 226 g/mol. The lowest BCUT2D eigenvalue weighted by Crippen LogP contribution is -2.08. The molecule has 88 valence electrons. The van der Waals surface area contributed by atoms with Crippen molar-refractivity contribution in [2.24, 2.45) is 0 Å². The van der Waals surface area contributed by atoms with Gasteiger partial charge in [-0.05, 0) is 18.2 Å². The van der Waals surface area contributed by atoms with Gasteiger partial charge in [-0.2, -0.15) is 0 Å². The average Bonchev–Trinajstić information content (AvgIpc) is 2.29. The zero-order valence-electron chi connectivity index (χ0n) is 9.23. The highest BCUT2D eigenvalue weighted by molar-refractivity contribution is 5.91. The number of carbonyl (C=O) groups is 1. The lowest BCUT2D eigenvalue weighted by molar-refractivity contribution is 0.0689. The first kappa shape index (κ1) is 12.3. The summed E-state index contributed by atoms with van der Waals surface area (Å²) in [5.41, 5.74) is 0.0791. The maximum Gasteiger partial charge on any atom is 0.339 e. The summed E-state index contributed by atoms with van der Waals surface area (Å²) in [4.78, 5) is 11.0. The van der Waals surface area contributed by atoms with Crippen molar-refractivity contribution in [1.29, 1.82) is 0 Å². The number of hydrogen-bond donors (Lipinski definition) is 1. The molecule has 0 heterocycles. The molecule has 0 unspecified atom stereocenters. The Bertz CT molecular complexity index is 361. The molecule has 0 atom stereocenters. The van der Waals surface area contributed by atoms with Crippen LogP contribution in [0.5, 0.6) is 11.5 Å². The lowest BCUT2D eigenvalue weighted by atomic mass is 10.2. The number of aromatic carboxylic acids is 1. The molecule has 0 aromatic heterocycles. The first-order valence-corrected chi connectivity index (χ1v) is 4.72. The molecule has 16 heavy (non-hydrogen) atoms. The van der Waals surface area contributed by atoms with Crippen LogP contribution < -0.4 is 9.47 Å². The number of ether oxygens (including phenoxy) is 3. The van der Waals surface area contributed by atoms with E-state index in [1.54, 1.807) is 19.2 Å². The Labute approximate surface area is 93.6 Å². The molecule has 0 aliphatic rings. The first-order valence-electron chi connectivity index (χ1n) is 4.72. The molecule has 0 spiro atoms. The van der Waals surface area contributed by atoms with Gasteiger partial charge in [-0.3, -0.25) is 0 Å². The summed E-state index contributed by atoms with van der Waals surface area (Å²) in [6.45, 7) is 0.716. The molecule has 0 aliphatic carbocycles. The largest absolute Gasteiger partial charge is 0.497 e. The van der Waals surface area contributed by atoms with Crippen molar-refractivity contribution < 1.29 is 24.1 Å². The van der Waals surface area contributed by atoms with Crippen molar-refractivity contribution in [3.63, 3.8) is 0 Å². The molecule has 0 fully saturated rings. The van der Waals surface area contributed by atoms with Crippen molar-refractivity contribution in [3.05, 3.63) is 23.8 Å². The Kier molecular flexibility index (Phi) is 4.60. The minimum absolute atomic E-state index is 0.0791. The molecule has 1 aromatic rings. The molecular weight excluding hydrogens is 212 g/mol. The standard InChI is InChI=1S/C11H14O5/c1-14-5-6-16-10-4-3-8(15-2)7-9(10)11(12)13/h3-4,7H,5-6H2,1-2H3,(H,12,13). The van der Waals surface area contributed by atoms with Crippen LogP contribution in [0, 0.1) is 0 Å². The van der Waals surface area contributed by atoms with E-state index >= 15 is 0 Å². The molecule has 0 amide bonds. The van der Waals surface area contributed by atoms with Crippen LogP contribution in [0.3, 0.4) is 0 Å². The van der Waals surface area contributed by atoms with Crippen molar-refractivity contribution in [1.82, 2.24) is 0 Å². The first-order chi connectivity index (χ1) is 7.69. The van der Waals surface area contributed by atoms with E-state index in [-0.39, 0.29) is 5.56 Å². The second-order valence-electron chi connectivity index (χ2n) is 3.01. The molecule has 1 rings (SSSR count). The number of rotatable bonds is 6. The van der Waals surface area contributed by atoms with Crippen LogP contribution in [0.4, 0.5) is 0 Å². The Balaban J connectivity index is 2.85. The normalized spacial score (nSPS) is 9.88. The number of methoxy groups -OCH3 is 2. The van der Waals surface area contributed by atoms with Crippen LogP contribution in [0.2, 0.25) is 0 Å². The highest BCUT2D eigenvalue weighted by Gasteiger charge is 2.12. The lowest BCUT2D eigenvalue weighted by Gasteiger charge is -2.09. The van der Waals surface area contributed by atoms with Crippen molar-refractivity contribution in [2.45, 2.75) is 0 Å². The molecule has 5 nitrogen and oxygen atoms in total. The van der Waals surface area contributed by atoms with E-state index in [9.17, 15) is 4.79 Å². The summed E-state index contributed by atoms with van der Waals surface area (Å²) in [6, 6.07) is 4.64. The fraction of sp³-hybridized carbons (Fsp3) is 0.364. The predicted octanol–water partition coefficient (Wildman–Crippen LogP) is 1.42. The summed E-state index contributed by atoms with van der Waals surface area (Å²) < 4.78 is 15.0. The zero-order valence-corrected chi connectivity index (χ0v) is 9.23. The summed E-state index contributed by atoms with van der Waals surface area (Å²) in [5.74, 6) is -0.256. The van der Waals surface area contributed by atoms with E-state index in [1.165, 1.54) is 13.2 Å². The van der Waals surface area contributed by atoms with Gasteiger partial charge in [-0.15, -0.1) is 0 Å². The van der Waals surface area contributed by atoms with Crippen LogP contribution in [0.1, 0.15) is 10.4 Å². The molecule has 0 saturated carbocycles. The maximum absolute atomic E-state index is 11.0. The van der Waals surface area contributed by atoms with Gasteiger partial charge in [0.1, 0.15) is 23.7 Å².